The Morgan fingerprint density at radius 2 is 1.71 bits per heavy atom. The van der Waals surface area contributed by atoms with Crippen LogP contribution >= 0.6 is 0 Å². The number of pyridine rings is 1. The van der Waals surface area contributed by atoms with Crippen molar-refractivity contribution in [3.05, 3.63) is 89.2 Å². The van der Waals surface area contributed by atoms with Crippen LogP contribution in [0.1, 0.15) is 70.9 Å². The van der Waals surface area contributed by atoms with Crippen LogP contribution < -0.4 is 10.2 Å². The minimum absolute atomic E-state index is 0.134. The van der Waals surface area contributed by atoms with Crippen LogP contribution in [0.25, 0.3) is 0 Å². The molecule has 0 saturated carbocycles. The number of ether oxygens (including phenoxy) is 1. The molecule has 7 heteroatoms. The molecule has 34 heavy (non-hydrogen) atoms. The molecule has 0 aliphatic rings. The zero-order valence-corrected chi connectivity index (χ0v) is 19.2. The van der Waals surface area contributed by atoms with E-state index in [0.717, 1.165) is 12.8 Å². The molecule has 3 rings (SSSR count). The number of aromatic hydroxyl groups is 1. The molecular formula is C27H29N3O4. The number of carbonyl (C=O) groups excluding carboxylic acids is 2. The summed E-state index contributed by atoms with van der Waals surface area (Å²) in [5.41, 5.74) is 4.79. The van der Waals surface area contributed by atoms with Crippen LogP contribution in [0.2, 0.25) is 0 Å². The number of phenols is 1. The van der Waals surface area contributed by atoms with E-state index in [9.17, 15) is 14.7 Å². The van der Waals surface area contributed by atoms with Gasteiger partial charge < -0.3 is 9.84 Å². The van der Waals surface area contributed by atoms with Crippen LogP contribution in [-0.2, 0) is 6.42 Å². The minimum Gasteiger partial charge on any atom is -0.507 e. The van der Waals surface area contributed by atoms with E-state index in [-0.39, 0.29) is 11.5 Å². The Bertz CT molecular complexity index is 1110. The fourth-order valence-corrected chi connectivity index (χ4v) is 3.33. The molecule has 1 aromatic heterocycles. The van der Waals surface area contributed by atoms with Crippen molar-refractivity contribution in [1.29, 1.82) is 0 Å². The van der Waals surface area contributed by atoms with E-state index in [0.29, 0.717) is 16.7 Å². The Labute approximate surface area is 199 Å². The maximum Gasteiger partial charge on any atom is 0.343 e. The van der Waals surface area contributed by atoms with Crippen LogP contribution in [0.4, 0.5) is 0 Å². The summed E-state index contributed by atoms with van der Waals surface area (Å²) in [4.78, 5) is 28.3. The number of carbonyl (C=O) groups is 2. The zero-order chi connectivity index (χ0) is 24.2. The number of hydrogen-bond donors (Lipinski definition) is 2. The highest BCUT2D eigenvalue weighted by Gasteiger charge is 2.10. The number of rotatable bonds is 11. The largest absolute Gasteiger partial charge is 0.507 e. The summed E-state index contributed by atoms with van der Waals surface area (Å²) in [6.45, 7) is 2.20. The van der Waals surface area contributed by atoms with Crippen LogP contribution in [0.5, 0.6) is 11.5 Å². The maximum absolute atomic E-state index is 12.5. The first-order chi connectivity index (χ1) is 16.6. The topological polar surface area (TPSA) is 101 Å². The molecule has 176 valence electrons. The van der Waals surface area contributed by atoms with E-state index in [1.54, 1.807) is 36.4 Å². The molecule has 3 aromatic rings. The minimum atomic E-state index is -0.500. The van der Waals surface area contributed by atoms with Gasteiger partial charge in [-0.3, -0.25) is 9.78 Å². The maximum atomic E-state index is 12.5. The molecular weight excluding hydrogens is 430 g/mol. The quantitative estimate of drug-likeness (QED) is 0.134. The number of hydrogen-bond acceptors (Lipinski definition) is 6. The fourth-order valence-electron chi connectivity index (χ4n) is 3.33. The highest BCUT2D eigenvalue weighted by Crippen LogP contribution is 2.23. The number of phenolic OH excluding ortho intramolecular Hbond substituents is 1. The average molecular weight is 460 g/mol. The Balaban J connectivity index is 1.51. The lowest BCUT2D eigenvalue weighted by atomic mass is 10.0. The van der Waals surface area contributed by atoms with Crippen molar-refractivity contribution < 1.29 is 19.4 Å². The second-order valence-corrected chi connectivity index (χ2v) is 7.91. The van der Waals surface area contributed by atoms with Gasteiger partial charge in [0.1, 0.15) is 11.5 Å². The van der Waals surface area contributed by atoms with E-state index in [4.69, 9.17) is 4.74 Å². The van der Waals surface area contributed by atoms with Gasteiger partial charge in [-0.15, -0.1) is 0 Å². The predicted octanol–water partition coefficient (Wildman–Crippen LogP) is 5.28. The molecule has 2 N–H and O–H groups in total. The number of hydrazone groups is 1. The van der Waals surface area contributed by atoms with Crippen molar-refractivity contribution in [3.63, 3.8) is 0 Å². The molecule has 1 amide bonds. The second kappa shape index (κ2) is 12.9. The van der Waals surface area contributed by atoms with E-state index in [1.807, 2.05) is 12.1 Å². The molecule has 1 heterocycles. The first-order valence-corrected chi connectivity index (χ1v) is 11.4. The molecule has 0 aliphatic heterocycles. The van der Waals surface area contributed by atoms with Crippen LogP contribution in [0.15, 0.2) is 72.1 Å². The van der Waals surface area contributed by atoms with E-state index >= 15 is 0 Å². The second-order valence-electron chi connectivity index (χ2n) is 7.91. The molecule has 7 nitrogen and oxygen atoms in total. The van der Waals surface area contributed by atoms with Crippen molar-refractivity contribution in [2.75, 3.05) is 0 Å². The molecule has 2 aromatic carbocycles. The molecule has 0 fully saturated rings. The van der Waals surface area contributed by atoms with E-state index < -0.39 is 11.9 Å². The summed E-state index contributed by atoms with van der Waals surface area (Å²) in [6.07, 6.45) is 11.5. The van der Waals surface area contributed by atoms with Gasteiger partial charge in [-0.1, -0.05) is 44.7 Å². The highest BCUT2D eigenvalue weighted by molar-refractivity contribution is 5.95. The van der Waals surface area contributed by atoms with Gasteiger partial charge in [0, 0.05) is 29.6 Å². The fraction of sp³-hybridized carbons (Fsp3) is 0.259. The lowest BCUT2D eigenvalue weighted by molar-refractivity contribution is 0.0734. The third kappa shape index (κ3) is 7.55. The van der Waals surface area contributed by atoms with Gasteiger partial charge >= 0.3 is 5.97 Å². The molecule has 0 atom stereocenters. The molecule has 0 aliphatic carbocycles. The van der Waals surface area contributed by atoms with Gasteiger partial charge in [0.05, 0.1) is 11.8 Å². The van der Waals surface area contributed by atoms with Crippen LogP contribution in [0.3, 0.4) is 0 Å². The van der Waals surface area contributed by atoms with Crippen molar-refractivity contribution >= 4 is 18.1 Å². The first-order valence-electron chi connectivity index (χ1n) is 11.4. The highest BCUT2D eigenvalue weighted by atomic mass is 16.5. The third-order valence-corrected chi connectivity index (χ3v) is 5.28. The van der Waals surface area contributed by atoms with Crippen molar-refractivity contribution in [2.45, 2.75) is 45.4 Å². The smallest absolute Gasteiger partial charge is 0.343 e. The summed E-state index contributed by atoms with van der Waals surface area (Å²) in [5.74, 6) is -0.822. The molecule has 0 bridgehead atoms. The molecule has 0 radical (unpaired) electrons. The predicted molar refractivity (Wildman–Crippen MR) is 131 cm³/mol. The summed E-state index contributed by atoms with van der Waals surface area (Å²) >= 11 is 0. The number of esters is 1. The Hall–Kier alpha value is -4.00. The van der Waals surface area contributed by atoms with E-state index in [1.165, 1.54) is 55.9 Å². The third-order valence-electron chi connectivity index (χ3n) is 5.28. The van der Waals surface area contributed by atoms with Crippen LogP contribution in [0, 0.1) is 0 Å². The standard InChI is InChI=1S/C27H29N3O4/c1-2-3-4-5-6-7-20-8-10-22(11-9-20)27(33)34-24-13-12-23(25(31)18-24)19-29-30-26(32)21-14-16-28-17-15-21/h8-19,31H,2-7H2,1H3,(H,30,32)/b29-19-. The van der Waals surface area contributed by atoms with Gasteiger partial charge in [-0.2, -0.15) is 5.10 Å². The van der Waals surface area contributed by atoms with Crippen molar-refractivity contribution in [1.82, 2.24) is 10.4 Å². The van der Waals surface area contributed by atoms with Gasteiger partial charge in [-0.25, -0.2) is 10.2 Å². The number of nitrogens with zero attached hydrogens (tertiary/aromatic N) is 2. The lowest BCUT2D eigenvalue weighted by Crippen LogP contribution is -2.17. The summed E-state index contributed by atoms with van der Waals surface area (Å²) < 4.78 is 5.38. The number of aryl methyl sites for hydroxylation is 1. The van der Waals surface area contributed by atoms with Gasteiger partial charge in [0.15, 0.2) is 0 Å². The molecule has 0 spiro atoms. The molecule has 0 unspecified atom stereocenters. The number of unbranched alkanes of at least 4 members (excludes halogenated alkanes) is 4. The lowest BCUT2D eigenvalue weighted by Gasteiger charge is -2.07. The first kappa shape index (κ1) is 24.6. The summed E-state index contributed by atoms with van der Waals surface area (Å²) in [6, 6.07) is 15.0. The number of amides is 1. The van der Waals surface area contributed by atoms with Crippen molar-refractivity contribution in [3.8, 4) is 11.5 Å². The summed E-state index contributed by atoms with van der Waals surface area (Å²) in [7, 11) is 0. The molecule has 0 saturated heterocycles. The Morgan fingerprint density at radius 1 is 0.971 bits per heavy atom. The monoisotopic (exact) mass is 459 g/mol. The van der Waals surface area contributed by atoms with Gasteiger partial charge in [0.2, 0.25) is 0 Å². The Kier molecular flexibility index (Phi) is 9.34. The SMILES string of the molecule is CCCCCCCc1ccc(C(=O)Oc2ccc(/C=N\NC(=O)c3ccncc3)c(O)c2)cc1. The summed E-state index contributed by atoms with van der Waals surface area (Å²) in [5, 5.41) is 14.1. The normalized spacial score (nSPS) is 10.9. The van der Waals surface area contributed by atoms with Gasteiger partial charge in [-0.05, 0) is 54.8 Å². The zero-order valence-electron chi connectivity index (χ0n) is 19.2. The van der Waals surface area contributed by atoms with Crippen molar-refractivity contribution in [2.24, 2.45) is 5.10 Å². The van der Waals surface area contributed by atoms with Gasteiger partial charge in [0.25, 0.3) is 5.91 Å². The van der Waals surface area contributed by atoms with Crippen LogP contribution in [-0.4, -0.2) is 28.2 Å². The average Bonchev–Trinajstić information content (AvgIpc) is 2.86. The van der Waals surface area contributed by atoms with E-state index in [2.05, 4.69) is 22.4 Å². The number of nitrogens with one attached hydrogen (secondary N) is 1. The Morgan fingerprint density at radius 3 is 2.41 bits per heavy atom. The number of aromatic nitrogens is 1. The number of benzene rings is 2.